The van der Waals surface area contributed by atoms with E-state index >= 15 is 0 Å². The molecule has 0 aliphatic carbocycles. The highest BCUT2D eigenvalue weighted by Crippen LogP contribution is 2.40. The average molecular weight is 376 g/mol. The van der Waals surface area contributed by atoms with Gasteiger partial charge in [0.2, 0.25) is 5.75 Å². The lowest BCUT2D eigenvalue weighted by atomic mass is 10.2. The van der Waals surface area contributed by atoms with E-state index in [9.17, 15) is 14.5 Å². The summed E-state index contributed by atoms with van der Waals surface area (Å²) in [4.78, 5) is 10.6. The van der Waals surface area contributed by atoms with Crippen LogP contribution in [0.4, 0.5) is 15.8 Å². The Morgan fingerprint density at radius 2 is 2.10 bits per heavy atom. The van der Waals surface area contributed by atoms with Gasteiger partial charge in [-0.25, -0.2) is 4.39 Å². The van der Waals surface area contributed by atoms with E-state index in [2.05, 4.69) is 21.2 Å². The summed E-state index contributed by atoms with van der Waals surface area (Å²) in [6.07, 6.45) is 0. The minimum absolute atomic E-state index is 0.00530. The molecule has 0 amide bonds. The number of hydrogen-bond acceptors (Lipinski definition) is 4. The van der Waals surface area contributed by atoms with Crippen molar-refractivity contribution in [2.24, 2.45) is 0 Å². The van der Waals surface area contributed by atoms with Crippen molar-refractivity contribution in [1.82, 2.24) is 0 Å². The zero-order chi connectivity index (χ0) is 15.6. The molecule has 0 bridgehead atoms. The van der Waals surface area contributed by atoms with Crippen molar-refractivity contribution in [3.05, 3.63) is 55.8 Å². The lowest BCUT2D eigenvalue weighted by Gasteiger charge is -2.11. The number of benzene rings is 2. The van der Waals surface area contributed by atoms with Gasteiger partial charge in [-0.05, 0) is 34.1 Å². The van der Waals surface area contributed by atoms with Gasteiger partial charge < -0.3 is 10.1 Å². The Morgan fingerprint density at radius 3 is 2.71 bits per heavy atom. The van der Waals surface area contributed by atoms with E-state index in [1.165, 1.54) is 12.1 Å². The van der Waals surface area contributed by atoms with Crippen molar-refractivity contribution in [1.29, 1.82) is 0 Å². The maximum Gasteiger partial charge on any atom is 0.334 e. The average Bonchev–Trinajstić information content (AvgIpc) is 2.44. The third-order valence-corrected chi connectivity index (χ3v) is 3.55. The second-order valence-corrected chi connectivity index (χ2v) is 5.22. The zero-order valence-corrected chi connectivity index (χ0v) is 13.0. The van der Waals surface area contributed by atoms with E-state index in [-0.39, 0.29) is 22.2 Å². The Bertz CT molecular complexity index is 712. The number of hydrogen-bond donors (Lipinski definition) is 1. The normalized spacial score (nSPS) is 10.3. The van der Waals surface area contributed by atoms with Gasteiger partial charge in [0, 0.05) is 13.1 Å². The van der Waals surface area contributed by atoms with E-state index < -0.39 is 10.7 Å². The Morgan fingerprint density at radius 1 is 1.38 bits per heavy atom. The van der Waals surface area contributed by atoms with Crippen LogP contribution in [0.15, 0.2) is 34.8 Å². The molecule has 0 aromatic heterocycles. The summed E-state index contributed by atoms with van der Waals surface area (Å²) >= 11 is 8.81. The minimum atomic E-state index is -0.678. The molecule has 0 radical (unpaired) electrons. The second kappa shape index (κ2) is 6.28. The zero-order valence-electron chi connectivity index (χ0n) is 10.7. The summed E-state index contributed by atoms with van der Waals surface area (Å²) in [6, 6.07) is 6.94. The molecular weight excluding hydrogens is 367 g/mol. The van der Waals surface area contributed by atoms with E-state index in [1.807, 2.05) is 0 Å². The molecule has 0 atom stereocenters. The molecule has 2 aromatic carbocycles. The van der Waals surface area contributed by atoms with Crippen molar-refractivity contribution in [3.63, 3.8) is 0 Å². The molecule has 0 aliphatic heterocycles. The third-order valence-electron chi connectivity index (χ3n) is 2.65. The maximum absolute atomic E-state index is 13.5. The molecule has 0 fully saturated rings. The molecule has 0 aliphatic rings. The third kappa shape index (κ3) is 3.25. The molecule has 21 heavy (non-hydrogen) atoms. The number of ether oxygens (including phenoxy) is 1. The molecule has 5 nitrogen and oxygen atoms in total. The van der Waals surface area contributed by atoms with Crippen LogP contribution in [0.3, 0.4) is 0 Å². The second-order valence-electron chi connectivity index (χ2n) is 3.96. The van der Waals surface area contributed by atoms with E-state index in [0.717, 1.165) is 6.07 Å². The van der Waals surface area contributed by atoms with Crippen LogP contribution in [0, 0.1) is 15.9 Å². The molecule has 0 saturated heterocycles. The molecule has 1 N–H and O–H groups in total. The first-order valence-electron chi connectivity index (χ1n) is 5.71. The van der Waals surface area contributed by atoms with Gasteiger partial charge in [-0.2, -0.15) is 0 Å². The summed E-state index contributed by atoms with van der Waals surface area (Å²) in [7, 11) is 1.56. The van der Waals surface area contributed by atoms with Gasteiger partial charge in [-0.3, -0.25) is 10.1 Å². The molecule has 0 saturated carbocycles. The fourth-order valence-electron chi connectivity index (χ4n) is 1.70. The highest BCUT2D eigenvalue weighted by atomic mass is 79.9. The number of rotatable bonds is 4. The van der Waals surface area contributed by atoms with Gasteiger partial charge in [0.05, 0.1) is 14.4 Å². The first-order valence-corrected chi connectivity index (χ1v) is 6.88. The molecule has 2 rings (SSSR count). The minimum Gasteiger partial charge on any atom is -0.449 e. The molecular formula is C13H9BrClFN2O3. The van der Waals surface area contributed by atoms with E-state index in [4.69, 9.17) is 16.3 Å². The van der Waals surface area contributed by atoms with Crippen molar-refractivity contribution >= 4 is 38.9 Å². The lowest BCUT2D eigenvalue weighted by molar-refractivity contribution is -0.384. The number of nitrogens with one attached hydrogen (secondary N) is 1. The fourth-order valence-corrected chi connectivity index (χ4v) is 2.42. The number of nitrogens with zero attached hydrogens (tertiary/aromatic N) is 1. The summed E-state index contributed by atoms with van der Waals surface area (Å²) in [5.41, 5.74) is 0.0605. The van der Waals surface area contributed by atoms with Crippen LogP contribution >= 0.6 is 27.5 Å². The highest BCUT2D eigenvalue weighted by molar-refractivity contribution is 9.10. The summed E-state index contributed by atoms with van der Waals surface area (Å²) in [5, 5.41) is 13.8. The van der Waals surface area contributed by atoms with Crippen LogP contribution in [0.25, 0.3) is 0 Å². The number of nitro benzene ring substituents is 1. The van der Waals surface area contributed by atoms with Gasteiger partial charge in [-0.1, -0.05) is 17.7 Å². The standard InChI is InChI=1S/C13H9BrClFN2O3/c1-17-10-3-2-4-11(13(10)18(19)20)21-12-6-9(16)8(15)5-7(12)14/h2-6,17H,1H3. The topological polar surface area (TPSA) is 64.4 Å². The molecule has 8 heteroatoms. The summed E-state index contributed by atoms with van der Waals surface area (Å²) < 4.78 is 19.3. The number of nitro groups is 1. The number of para-hydroxylation sites is 1. The molecule has 0 heterocycles. The van der Waals surface area contributed by atoms with Crippen LogP contribution in [-0.2, 0) is 0 Å². The van der Waals surface area contributed by atoms with Crippen LogP contribution in [0.1, 0.15) is 0 Å². The van der Waals surface area contributed by atoms with E-state index in [1.54, 1.807) is 19.2 Å². The summed E-state index contributed by atoms with van der Waals surface area (Å²) in [5.74, 6) is -0.593. The van der Waals surface area contributed by atoms with Crippen LogP contribution in [0.2, 0.25) is 5.02 Å². The smallest absolute Gasteiger partial charge is 0.334 e. The molecule has 110 valence electrons. The van der Waals surface area contributed by atoms with Crippen molar-refractivity contribution in [2.75, 3.05) is 12.4 Å². The Hall–Kier alpha value is -1.86. The highest BCUT2D eigenvalue weighted by Gasteiger charge is 2.22. The van der Waals surface area contributed by atoms with Crippen LogP contribution < -0.4 is 10.1 Å². The lowest BCUT2D eigenvalue weighted by Crippen LogP contribution is -1.99. The first kappa shape index (κ1) is 15.5. The van der Waals surface area contributed by atoms with Crippen LogP contribution in [-0.4, -0.2) is 12.0 Å². The largest absolute Gasteiger partial charge is 0.449 e. The predicted molar refractivity (Wildman–Crippen MR) is 81.8 cm³/mol. The van der Waals surface area contributed by atoms with Gasteiger partial charge >= 0.3 is 5.69 Å². The SMILES string of the molecule is CNc1cccc(Oc2cc(F)c(Cl)cc2Br)c1[N+](=O)[O-]. The van der Waals surface area contributed by atoms with Gasteiger partial charge in [0.1, 0.15) is 17.3 Å². The fraction of sp³-hybridized carbons (Fsp3) is 0.0769. The first-order chi connectivity index (χ1) is 9.93. The maximum atomic E-state index is 13.5. The van der Waals surface area contributed by atoms with Crippen molar-refractivity contribution in [2.45, 2.75) is 0 Å². The van der Waals surface area contributed by atoms with E-state index in [0.29, 0.717) is 10.2 Å². The van der Waals surface area contributed by atoms with Gasteiger partial charge in [0.15, 0.2) is 0 Å². The summed E-state index contributed by atoms with van der Waals surface area (Å²) in [6.45, 7) is 0. The Labute approximate surface area is 133 Å². The Kier molecular flexibility index (Phi) is 4.64. The monoisotopic (exact) mass is 374 g/mol. The van der Waals surface area contributed by atoms with Crippen molar-refractivity contribution in [3.8, 4) is 11.5 Å². The van der Waals surface area contributed by atoms with Gasteiger partial charge in [-0.15, -0.1) is 0 Å². The molecule has 2 aromatic rings. The number of anilines is 1. The van der Waals surface area contributed by atoms with Crippen molar-refractivity contribution < 1.29 is 14.1 Å². The predicted octanol–water partition coefficient (Wildman–Crippen LogP) is 4.98. The molecule has 0 spiro atoms. The quantitative estimate of drug-likeness (QED) is 0.465. The number of halogens is 3. The van der Waals surface area contributed by atoms with Gasteiger partial charge in [0.25, 0.3) is 0 Å². The molecule has 0 unspecified atom stereocenters. The Balaban J connectivity index is 2.49. The van der Waals surface area contributed by atoms with Crippen LogP contribution in [0.5, 0.6) is 11.5 Å².